The molecule has 0 atom stereocenters. The van der Waals surface area contributed by atoms with Crippen molar-refractivity contribution < 1.29 is 14.3 Å². The van der Waals surface area contributed by atoms with Crippen molar-refractivity contribution in [2.75, 3.05) is 24.4 Å². The van der Waals surface area contributed by atoms with Crippen molar-refractivity contribution in [2.45, 2.75) is 38.9 Å². The molecule has 0 aromatic carbocycles. The number of pyridine rings is 2. The fourth-order valence-corrected chi connectivity index (χ4v) is 4.45. The van der Waals surface area contributed by atoms with Crippen molar-refractivity contribution in [3.63, 3.8) is 0 Å². The Hall–Kier alpha value is -3.43. The van der Waals surface area contributed by atoms with Gasteiger partial charge in [0.05, 0.1) is 24.6 Å². The van der Waals surface area contributed by atoms with Gasteiger partial charge in [-0.1, -0.05) is 6.07 Å². The van der Waals surface area contributed by atoms with E-state index < -0.39 is 0 Å². The van der Waals surface area contributed by atoms with Crippen LogP contribution in [0.25, 0.3) is 11.3 Å². The van der Waals surface area contributed by atoms with Crippen molar-refractivity contribution in [3.8, 4) is 11.3 Å². The molecular formula is C24H26N6O3. The number of ether oxygens (including phenoxy) is 2. The molecule has 1 saturated carbocycles. The monoisotopic (exact) mass is 446 g/mol. The van der Waals surface area contributed by atoms with Gasteiger partial charge in [-0.15, -0.1) is 0 Å². The van der Waals surface area contributed by atoms with Gasteiger partial charge in [-0.3, -0.25) is 9.78 Å². The lowest BCUT2D eigenvalue weighted by atomic mass is 9.74. The Morgan fingerprint density at radius 1 is 1.18 bits per heavy atom. The Morgan fingerprint density at radius 2 is 2.03 bits per heavy atom. The molecule has 6 rings (SSSR count). The quantitative estimate of drug-likeness (QED) is 0.565. The molecule has 0 radical (unpaired) electrons. The average molecular weight is 447 g/mol. The lowest BCUT2D eigenvalue weighted by Gasteiger charge is -2.34. The number of nitrogens with zero attached hydrogens (tertiary/aromatic N) is 4. The van der Waals surface area contributed by atoms with Crippen LogP contribution >= 0.6 is 0 Å². The number of methoxy groups -OCH3 is 1. The first-order valence-corrected chi connectivity index (χ1v) is 10.9. The minimum absolute atomic E-state index is 0.194. The lowest BCUT2D eigenvalue weighted by molar-refractivity contribution is -0.114. The van der Waals surface area contributed by atoms with Gasteiger partial charge in [0.25, 0.3) is 0 Å². The van der Waals surface area contributed by atoms with Crippen LogP contribution in [-0.2, 0) is 26.5 Å². The number of aryl methyl sites for hydroxylation is 1. The van der Waals surface area contributed by atoms with Crippen molar-refractivity contribution >= 4 is 23.2 Å². The smallest absolute Gasteiger partial charge is 0.222 e. The summed E-state index contributed by atoms with van der Waals surface area (Å²) in [5.41, 5.74) is 3.73. The maximum Gasteiger partial charge on any atom is 0.222 e. The zero-order valence-electron chi connectivity index (χ0n) is 18.9. The van der Waals surface area contributed by atoms with Gasteiger partial charge in [-0.2, -0.15) is 0 Å². The molecule has 2 aliphatic heterocycles. The van der Waals surface area contributed by atoms with Crippen molar-refractivity contribution in [3.05, 3.63) is 53.7 Å². The Bertz CT molecular complexity index is 1190. The predicted molar refractivity (Wildman–Crippen MR) is 123 cm³/mol. The molecule has 2 bridgehead atoms. The third-order valence-corrected chi connectivity index (χ3v) is 5.98. The first-order chi connectivity index (χ1) is 15.9. The normalized spacial score (nSPS) is 20.9. The highest BCUT2D eigenvalue weighted by Crippen LogP contribution is 2.54. The zero-order valence-corrected chi connectivity index (χ0v) is 18.9. The first kappa shape index (κ1) is 21.4. The number of aromatic nitrogens is 4. The molecular weight excluding hydrogens is 420 g/mol. The highest BCUT2D eigenvalue weighted by molar-refractivity contribution is 5.89. The Labute approximate surface area is 192 Å². The molecule has 2 N–H and O–H groups in total. The van der Waals surface area contributed by atoms with Crippen LogP contribution in [0, 0.1) is 12.8 Å². The third kappa shape index (κ3) is 4.29. The van der Waals surface area contributed by atoms with E-state index in [4.69, 9.17) is 14.5 Å². The van der Waals surface area contributed by atoms with E-state index in [1.165, 1.54) is 6.92 Å². The molecule has 170 valence electrons. The van der Waals surface area contributed by atoms with Crippen molar-refractivity contribution in [1.82, 2.24) is 19.9 Å². The molecule has 3 fully saturated rings. The second kappa shape index (κ2) is 8.49. The minimum Gasteiger partial charge on any atom is -0.380 e. The number of hydrogen-bond donors (Lipinski definition) is 2. The van der Waals surface area contributed by atoms with Gasteiger partial charge in [-0.05, 0) is 37.3 Å². The van der Waals surface area contributed by atoms with E-state index in [0.29, 0.717) is 24.2 Å². The van der Waals surface area contributed by atoms with Crippen LogP contribution in [0.1, 0.15) is 36.8 Å². The van der Waals surface area contributed by atoms with Crippen LogP contribution in [0.3, 0.4) is 0 Å². The number of hydrogen-bond acceptors (Lipinski definition) is 8. The maximum absolute atomic E-state index is 11.6. The van der Waals surface area contributed by atoms with Crippen LogP contribution in [-0.4, -0.2) is 39.6 Å². The molecule has 9 nitrogen and oxygen atoms in total. The van der Waals surface area contributed by atoms with Crippen molar-refractivity contribution in [1.29, 1.82) is 0 Å². The van der Waals surface area contributed by atoms with Crippen molar-refractivity contribution in [2.24, 2.45) is 5.92 Å². The average Bonchev–Trinajstić information content (AvgIpc) is 3.37. The number of carbonyl (C=O) groups is 1. The molecule has 9 heteroatoms. The Kier molecular flexibility index (Phi) is 5.51. The molecule has 0 spiro atoms. The minimum atomic E-state index is -0.353. The van der Waals surface area contributed by atoms with E-state index in [0.717, 1.165) is 53.5 Å². The second-order valence-electron chi connectivity index (χ2n) is 8.70. The summed E-state index contributed by atoms with van der Waals surface area (Å²) >= 11 is 0. The number of fused-ring (bicyclic) bond motifs is 1. The fraction of sp³-hybridized carbons (Fsp3) is 0.375. The second-order valence-corrected chi connectivity index (χ2v) is 8.70. The Balaban J connectivity index is 1.50. The zero-order chi connectivity index (χ0) is 23.0. The topological polar surface area (TPSA) is 111 Å². The van der Waals surface area contributed by atoms with Gasteiger partial charge < -0.3 is 20.1 Å². The summed E-state index contributed by atoms with van der Waals surface area (Å²) in [6, 6.07) is 7.56. The highest BCUT2D eigenvalue weighted by Gasteiger charge is 2.55. The molecule has 5 heterocycles. The number of rotatable bonds is 7. The molecule has 3 aromatic heterocycles. The predicted octanol–water partition coefficient (Wildman–Crippen LogP) is 3.73. The van der Waals surface area contributed by atoms with Gasteiger partial charge in [0.1, 0.15) is 17.2 Å². The molecule has 2 saturated heterocycles. The van der Waals surface area contributed by atoms with E-state index in [-0.39, 0.29) is 11.5 Å². The SMILES string of the molecule is COCc1ccc(-c2cnc(NC(C)=O)cc2Nc2cc(C)nc(C34CC(CO3)C4)n2)nc1. The van der Waals surface area contributed by atoms with Gasteiger partial charge >= 0.3 is 0 Å². The van der Waals surface area contributed by atoms with Crippen LogP contribution < -0.4 is 10.6 Å². The molecule has 33 heavy (non-hydrogen) atoms. The molecule has 3 aliphatic rings. The van der Waals surface area contributed by atoms with Crippen LogP contribution in [0.5, 0.6) is 0 Å². The number of amides is 1. The first-order valence-electron chi connectivity index (χ1n) is 10.9. The molecule has 1 amide bonds. The summed E-state index contributed by atoms with van der Waals surface area (Å²) in [6.45, 7) is 4.67. The fourth-order valence-electron chi connectivity index (χ4n) is 4.45. The molecule has 3 aromatic rings. The van der Waals surface area contributed by atoms with E-state index >= 15 is 0 Å². The van der Waals surface area contributed by atoms with Crippen LogP contribution in [0.4, 0.5) is 17.3 Å². The number of nitrogens with one attached hydrogen (secondary N) is 2. The molecule has 0 unspecified atom stereocenters. The van der Waals surface area contributed by atoms with Gasteiger partial charge in [0, 0.05) is 49.8 Å². The number of carbonyl (C=O) groups excluding carboxylic acids is 1. The summed E-state index contributed by atoms with van der Waals surface area (Å²) in [5, 5.41) is 6.14. The van der Waals surface area contributed by atoms with Gasteiger partial charge in [0.2, 0.25) is 5.91 Å². The third-order valence-electron chi connectivity index (χ3n) is 5.98. The van der Waals surface area contributed by atoms with E-state index in [9.17, 15) is 4.79 Å². The Morgan fingerprint density at radius 3 is 2.70 bits per heavy atom. The number of anilines is 3. The van der Waals surface area contributed by atoms with Crippen LogP contribution in [0.15, 0.2) is 36.7 Å². The molecule has 1 aliphatic carbocycles. The van der Waals surface area contributed by atoms with E-state index in [1.807, 2.05) is 25.1 Å². The lowest BCUT2D eigenvalue weighted by Crippen LogP contribution is -2.35. The van der Waals surface area contributed by atoms with Crippen LogP contribution in [0.2, 0.25) is 0 Å². The summed E-state index contributed by atoms with van der Waals surface area (Å²) in [5.74, 6) is 2.24. The summed E-state index contributed by atoms with van der Waals surface area (Å²) in [7, 11) is 1.65. The van der Waals surface area contributed by atoms with E-state index in [2.05, 4.69) is 25.6 Å². The highest BCUT2D eigenvalue weighted by atomic mass is 16.5. The summed E-state index contributed by atoms with van der Waals surface area (Å²) < 4.78 is 11.2. The van der Waals surface area contributed by atoms with Gasteiger partial charge in [-0.25, -0.2) is 15.0 Å². The summed E-state index contributed by atoms with van der Waals surface area (Å²) in [4.78, 5) is 30.0. The largest absolute Gasteiger partial charge is 0.380 e. The van der Waals surface area contributed by atoms with E-state index in [1.54, 1.807) is 25.6 Å². The van der Waals surface area contributed by atoms with Gasteiger partial charge in [0.15, 0.2) is 5.82 Å². The standard InChI is InChI=1S/C24H26N6O3/c1-14-6-22(30-23(27-14)24-8-17(9-24)13-33-24)29-20-7-21(28-15(2)31)26-11-18(20)19-5-4-16(10-25-19)12-32-3/h4-7,10-11,17H,8-9,12-13H2,1-3H3,(H2,26,27,28,29,30,31). The maximum atomic E-state index is 11.6. The summed E-state index contributed by atoms with van der Waals surface area (Å²) in [6.07, 6.45) is 5.42.